The molecule has 0 saturated carbocycles. The predicted molar refractivity (Wildman–Crippen MR) is 91.4 cm³/mol. The number of amides is 1. The summed E-state index contributed by atoms with van der Waals surface area (Å²) in [6, 6.07) is 7.38. The summed E-state index contributed by atoms with van der Waals surface area (Å²) in [5, 5.41) is 14.1. The van der Waals surface area contributed by atoms with E-state index in [2.05, 4.69) is 5.32 Å². The molecule has 0 aliphatic rings. The van der Waals surface area contributed by atoms with Gasteiger partial charge in [0, 0.05) is 17.0 Å². The lowest BCUT2D eigenvalue weighted by Crippen LogP contribution is -2.16. The van der Waals surface area contributed by atoms with E-state index in [9.17, 15) is 28.1 Å². The molecule has 9 heteroatoms. The molecule has 1 N–H and O–H groups in total. The van der Waals surface area contributed by atoms with Gasteiger partial charge in [0.2, 0.25) is 5.91 Å². The van der Waals surface area contributed by atoms with Crippen LogP contribution in [0.2, 0.25) is 0 Å². The number of halogens is 3. The minimum Gasteiger partial charge on any atom is -0.464 e. The number of nitrogens with zero attached hydrogens (tertiary/aromatic N) is 1. The first-order valence-corrected chi connectivity index (χ1v) is 7.77. The van der Waals surface area contributed by atoms with Gasteiger partial charge in [-0.1, -0.05) is 12.1 Å². The summed E-state index contributed by atoms with van der Waals surface area (Å²) >= 11 is 0. The molecule has 140 valence electrons. The number of hydrogen-bond acceptors (Lipinski definition) is 4. The molecule has 0 radical (unpaired) electrons. The fourth-order valence-corrected chi connectivity index (χ4v) is 2.66. The molecule has 0 atom stereocenters. The van der Waals surface area contributed by atoms with Crippen LogP contribution in [0.3, 0.4) is 0 Å². The second-order valence-electron chi connectivity index (χ2n) is 5.97. The maximum atomic E-state index is 12.7. The highest BCUT2D eigenvalue weighted by Crippen LogP contribution is 2.35. The van der Waals surface area contributed by atoms with Crippen molar-refractivity contribution >= 4 is 28.3 Å². The summed E-state index contributed by atoms with van der Waals surface area (Å²) in [7, 11) is 0. The van der Waals surface area contributed by atoms with Crippen molar-refractivity contribution in [3.63, 3.8) is 0 Å². The summed E-state index contributed by atoms with van der Waals surface area (Å²) in [6.07, 6.45) is -3.46. The molecule has 6 nitrogen and oxygen atoms in total. The molecule has 3 rings (SSSR count). The number of benzene rings is 2. The van der Waals surface area contributed by atoms with E-state index < -0.39 is 28.3 Å². The number of fused-ring (bicyclic) bond motifs is 1. The van der Waals surface area contributed by atoms with E-state index in [1.807, 2.05) is 13.0 Å². The van der Waals surface area contributed by atoms with E-state index in [0.717, 1.165) is 17.0 Å². The van der Waals surface area contributed by atoms with E-state index >= 15 is 0 Å². The third-order valence-corrected chi connectivity index (χ3v) is 3.96. The number of anilines is 1. The van der Waals surface area contributed by atoms with E-state index in [0.29, 0.717) is 23.3 Å². The zero-order valence-corrected chi connectivity index (χ0v) is 14.0. The van der Waals surface area contributed by atoms with E-state index in [1.165, 1.54) is 6.26 Å². The highest BCUT2D eigenvalue weighted by atomic mass is 19.4. The Morgan fingerprint density at radius 3 is 2.63 bits per heavy atom. The van der Waals surface area contributed by atoms with Gasteiger partial charge in [-0.05, 0) is 30.7 Å². The summed E-state index contributed by atoms with van der Waals surface area (Å²) in [5.41, 5.74) is -0.153. The molecule has 0 unspecified atom stereocenters. The molecule has 27 heavy (non-hydrogen) atoms. The van der Waals surface area contributed by atoms with Gasteiger partial charge in [0.05, 0.1) is 23.2 Å². The topological polar surface area (TPSA) is 85.4 Å². The second kappa shape index (κ2) is 6.75. The quantitative estimate of drug-likeness (QED) is 0.519. The van der Waals surface area contributed by atoms with Gasteiger partial charge in [-0.3, -0.25) is 14.9 Å². The first-order chi connectivity index (χ1) is 12.6. The number of nitro benzene ring substituents is 1. The first-order valence-electron chi connectivity index (χ1n) is 7.77. The lowest BCUT2D eigenvalue weighted by molar-refractivity contribution is -0.384. The van der Waals surface area contributed by atoms with Crippen molar-refractivity contribution < 1.29 is 27.3 Å². The van der Waals surface area contributed by atoms with Crippen LogP contribution in [0.15, 0.2) is 47.1 Å². The van der Waals surface area contributed by atoms with Gasteiger partial charge in [-0.15, -0.1) is 0 Å². The molecule has 0 aliphatic carbocycles. The Bertz CT molecular complexity index is 1040. The fourth-order valence-electron chi connectivity index (χ4n) is 2.66. The number of carbonyl (C=O) groups excluding carboxylic acids is 1. The van der Waals surface area contributed by atoms with Crippen LogP contribution in [0.1, 0.15) is 16.7 Å². The Morgan fingerprint density at radius 2 is 1.96 bits per heavy atom. The van der Waals surface area contributed by atoms with Crippen LogP contribution < -0.4 is 5.32 Å². The van der Waals surface area contributed by atoms with E-state index in [1.54, 1.807) is 12.1 Å². The van der Waals surface area contributed by atoms with Crippen molar-refractivity contribution in [2.75, 3.05) is 5.32 Å². The van der Waals surface area contributed by atoms with Crippen LogP contribution in [0.4, 0.5) is 24.5 Å². The summed E-state index contributed by atoms with van der Waals surface area (Å²) in [4.78, 5) is 22.4. The van der Waals surface area contributed by atoms with Crippen molar-refractivity contribution in [2.45, 2.75) is 19.5 Å². The Balaban J connectivity index is 1.84. The van der Waals surface area contributed by atoms with Crippen LogP contribution in [0.25, 0.3) is 11.0 Å². The van der Waals surface area contributed by atoms with Gasteiger partial charge >= 0.3 is 6.18 Å². The van der Waals surface area contributed by atoms with Gasteiger partial charge in [0.25, 0.3) is 5.69 Å². The molecule has 1 aromatic heterocycles. The Morgan fingerprint density at radius 1 is 1.22 bits per heavy atom. The highest BCUT2D eigenvalue weighted by molar-refractivity contribution is 5.97. The summed E-state index contributed by atoms with van der Waals surface area (Å²) < 4.78 is 43.6. The summed E-state index contributed by atoms with van der Waals surface area (Å²) in [6.45, 7) is 1.89. The van der Waals surface area contributed by atoms with Crippen LogP contribution in [0.5, 0.6) is 0 Å². The lowest BCUT2D eigenvalue weighted by Gasteiger charge is -2.09. The monoisotopic (exact) mass is 378 g/mol. The van der Waals surface area contributed by atoms with Crippen molar-refractivity contribution in [3.8, 4) is 0 Å². The fraction of sp³-hybridized carbons (Fsp3) is 0.167. The molecule has 3 aromatic rings. The predicted octanol–water partition coefficient (Wildman–Crippen LogP) is 4.85. The SMILES string of the molecule is Cc1ccc2c(CC(=O)Nc3ccc(C(F)(F)F)cc3[N+](=O)[O-])coc2c1. The number of rotatable bonds is 4. The number of nitrogens with one attached hydrogen (secondary N) is 1. The number of furan rings is 1. The lowest BCUT2D eigenvalue weighted by atomic mass is 10.1. The molecule has 1 heterocycles. The minimum absolute atomic E-state index is 0.145. The van der Waals surface area contributed by atoms with Gasteiger partial charge in [-0.25, -0.2) is 0 Å². The number of carbonyl (C=O) groups is 1. The van der Waals surface area contributed by atoms with Crippen molar-refractivity contribution in [3.05, 3.63) is 69.5 Å². The first kappa shape index (κ1) is 18.4. The molecule has 0 bridgehead atoms. The normalized spacial score (nSPS) is 11.6. The van der Waals surface area contributed by atoms with Gasteiger partial charge in [-0.2, -0.15) is 13.2 Å². The van der Waals surface area contributed by atoms with Crippen LogP contribution in [0, 0.1) is 17.0 Å². The van der Waals surface area contributed by atoms with Crippen molar-refractivity contribution in [1.29, 1.82) is 0 Å². The second-order valence-corrected chi connectivity index (χ2v) is 5.97. The number of nitro groups is 1. The van der Waals surface area contributed by atoms with E-state index in [4.69, 9.17) is 4.42 Å². The van der Waals surface area contributed by atoms with Crippen LogP contribution in [-0.4, -0.2) is 10.8 Å². The zero-order chi connectivity index (χ0) is 19.8. The maximum absolute atomic E-state index is 12.7. The third-order valence-electron chi connectivity index (χ3n) is 3.96. The average Bonchev–Trinajstić information content (AvgIpc) is 2.95. The molecule has 1 amide bonds. The van der Waals surface area contributed by atoms with Gasteiger partial charge in [0.1, 0.15) is 11.3 Å². The van der Waals surface area contributed by atoms with Gasteiger partial charge in [0.15, 0.2) is 0 Å². The smallest absolute Gasteiger partial charge is 0.416 e. The Hall–Kier alpha value is -3.36. The number of hydrogen-bond donors (Lipinski definition) is 1. The average molecular weight is 378 g/mol. The van der Waals surface area contributed by atoms with Crippen molar-refractivity contribution in [2.24, 2.45) is 0 Å². The Kier molecular flexibility index (Phi) is 4.61. The summed E-state index contributed by atoms with van der Waals surface area (Å²) in [5.74, 6) is -0.610. The third kappa shape index (κ3) is 3.91. The molecule has 0 aliphatic heterocycles. The standard InChI is InChI=1S/C18H13F3N2O4/c1-10-2-4-13-11(9-27-16(13)6-10)7-17(24)22-14-5-3-12(18(19,20)21)8-15(14)23(25)26/h2-6,8-9H,7H2,1H3,(H,22,24). The van der Waals surface area contributed by atoms with Crippen LogP contribution in [-0.2, 0) is 17.4 Å². The van der Waals surface area contributed by atoms with Gasteiger partial charge < -0.3 is 9.73 Å². The molecule has 0 fully saturated rings. The highest BCUT2D eigenvalue weighted by Gasteiger charge is 2.33. The molecule has 2 aromatic carbocycles. The molecule has 0 spiro atoms. The molecular formula is C18H13F3N2O4. The Labute approximate surface area is 150 Å². The number of aryl methyl sites for hydroxylation is 1. The molecule has 0 saturated heterocycles. The van der Waals surface area contributed by atoms with Crippen LogP contribution >= 0.6 is 0 Å². The number of alkyl halides is 3. The zero-order valence-electron chi connectivity index (χ0n) is 14.0. The maximum Gasteiger partial charge on any atom is 0.416 e. The molecular weight excluding hydrogens is 365 g/mol. The van der Waals surface area contributed by atoms with E-state index in [-0.39, 0.29) is 12.1 Å². The van der Waals surface area contributed by atoms with Crippen molar-refractivity contribution in [1.82, 2.24) is 0 Å². The largest absolute Gasteiger partial charge is 0.464 e. The minimum atomic E-state index is -4.72.